The summed E-state index contributed by atoms with van der Waals surface area (Å²) in [5.41, 5.74) is 0. The number of hydrogen-bond acceptors (Lipinski definition) is 5. The van der Waals surface area contributed by atoms with Crippen LogP contribution in [0.15, 0.2) is 22.7 Å². The highest BCUT2D eigenvalue weighted by Gasteiger charge is 2.38. The van der Waals surface area contributed by atoms with Crippen LogP contribution in [0.2, 0.25) is 0 Å². The molecule has 0 radical (unpaired) electrons. The summed E-state index contributed by atoms with van der Waals surface area (Å²) in [5.74, 6) is 1.57. The number of H-pyrrole nitrogens is 1. The molecule has 2 aromatic heterocycles. The van der Waals surface area contributed by atoms with Gasteiger partial charge in [-0.2, -0.15) is 0 Å². The van der Waals surface area contributed by atoms with E-state index in [1.165, 1.54) is 55.2 Å². The number of amides is 1. The molecule has 2 fully saturated rings. The van der Waals surface area contributed by atoms with Crippen LogP contribution in [0.25, 0.3) is 0 Å². The summed E-state index contributed by atoms with van der Waals surface area (Å²) >= 11 is 3.17. The molecule has 1 amide bonds. The number of nitrogens with zero attached hydrogens (tertiary/aromatic N) is 3. The second-order valence-corrected chi connectivity index (χ2v) is 8.55. The molecule has 0 atom stereocenters. The second-order valence-electron chi connectivity index (χ2n) is 6.58. The quantitative estimate of drug-likeness (QED) is 0.766. The van der Waals surface area contributed by atoms with Crippen molar-refractivity contribution in [3.05, 3.63) is 28.2 Å². The summed E-state index contributed by atoms with van der Waals surface area (Å²) in [6, 6.07) is 5.12. The number of carbonyl (C=O) groups excluding carboxylic acids is 1. The van der Waals surface area contributed by atoms with Gasteiger partial charge in [-0.25, -0.2) is 4.98 Å². The third-order valence-electron chi connectivity index (χ3n) is 4.70. The van der Waals surface area contributed by atoms with E-state index in [1.54, 1.807) is 11.3 Å². The molecule has 7 heteroatoms. The zero-order valence-electron chi connectivity index (χ0n) is 13.6. The van der Waals surface area contributed by atoms with Crippen LogP contribution in [-0.4, -0.2) is 43.8 Å². The minimum atomic E-state index is 0.263. The van der Waals surface area contributed by atoms with Crippen LogP contribution < -0.4 is 0 Å². The zero-order chi connectivity index (χ0) is 16.4. The Hall–Kier alpha value is -1.34. The molecule has 0 spiro atoms. The Morgan fingerprint density at radius 1 is 1.29 bits per heavy atom. The Morgan fingerprint density at radius 3 is 2.79 bits per heavy atom. The fourth-order valence-corrected chi connectivity index (χ4v) is 4.84. The van der Waals surface area contributed by atoms with Crippen molar-refractivity contribution in [1.82, 2.24) is 20.1 Å². The topological polar surface area (TPSA) is 61.9 Å². The standard InChI is InChI=1S/C17H22N4OS2/c22-16(21(13-7-8-13)12-4-1-2-5-12)11-24-17-18-15(19-20-17)10-14-6-3-9-23-14/h3,6,9,12-13H,1-2,4-5,7-8,10-11H2,(H,18,19,20). The number of thioether (sulfide) groups is 1. The first-order valence-electron chi connectivity index (χ1n) is 8.67. The number of thiophene rings is 1. The highest BCUT2D eigenvalue weighted by molar-refractivity contribution is 7.99. The van der Waals surface area contributed by atoms with E-state index in [0.29, 0.717) is 23.0 Å². The first kappa shape index (κ1) is 16.1. The normalized spacial score (nSPS) is 18.2. The maximum Gasteiger partial charge on any atom is 0.233 e. The molecule has 2 saturated carbocycles. The Balaban J connectivity index is 1.32. The summed E-state index contributed by atoms with van der Waals surface area (Å²) < 4.78 is 0. The zero-order valence-corrected chi connectivity index (χ0v) is 15.2. The predicted octanol–water partition coefficient (Wildman–Crippen LogP) is 3.48. The lowest BCUT2D eigenvalue weighted by Gasteiger charge is -2.28. The van der Waals surface area contributed by atoms with Crippen LogP contribution in [0, 0.1) is 0 Å². The van der Waals surface area contributed by atoms with Crippen LogP contribution in [0.3, 0.4) is 0 Å². The fraction of sp³-hybridized carbons (Fsp3) is 0.588. The van der Waals surface area contributed by atoms with Crippen LogP contribution >= 0.6 is 23.1 Å². The third-order valence-corrected chi connectivity index (χ3v) is 6.41. The van der Waals surface area contributed by atoms with Crippen molar-refractivity contribution < 1.29 is 4.79 Å². The predicted molar refractivity (Wildman–Crippen MR) is 96.4 cm³/mol. The third kappa shape index (κ3) is 3.83. The smallest absolute Gasteiger partial charge is 0.233 e. The van der Waals surface area contributed by atoms with Crippen molar-refractivity contribution in [2.45, 2.75) is 62.2 Å². The molecule has 24 heavy (non-hydrogen) atoms. The van der Waals surface area contributed by atoms with E-state index in [2.05, 4.69) is 31.5 Å². The molecule has 0 aromatic carbocycles. The van der Waals surface area contributed by atoms with Gasteiger partial charge < -0.3 is 4.90 Å². The van der Waals surface area contributed by atoms with Crippen LogP contribution in [0.5, 0.6) is 0 Å². The van der Waals surface area contributed by atoms with E-state index in [-0.39, 0.29) is 5.91 Å². The van der Waals surface area contributed by atoms with Gasteiger partial charge in [0.1, 0.15) is 5.82 Å². The highest BCUT2D eigenvalue weighted by Crippen LogP contribution is 2.35. The van der Waals surface area contributed by atoms with Gasteiger partial charge in [0, 0.05) is 23.4 Å². The van der Waals surface area contributed by atoms with Crippen molar-refractivity contribution in [1.29, 1.82) is 0 Å². The molecule has 2 aromatic rings. The lowest BCUT2D eigenvalue weighted by atomic mass is 10.2. The van der Waals surface area contributed by atoms with Gasteiger partial charge in [-0.3, -0.25) is 9.89 Å². The van der Waals surface area contributed by atoms with E-state index in [0.717, 1.165) is 12.2 Å². The number of carbonyl (C=O) groups is 1. The Morgan fingerprint density at radius 2 is 2.08 bits per heavy atom. The van der Waals surface area contributed by atoms with E-state index in [9.17, 15) is 4.79 Å². The molecule has 1 N–H and O–H groups in total. The van der Waals surface area contributed by atoms with Crippen molar-refractivity contribution >= 4 is 29.0 Å². The van der Waals surface area contributed by atoms with Gasteiger partial charge in [0.15, 0.2) is 0 Å². The number of rotatable bonds is 7. The van der Waals surface area contributed by atoms with Gasteiger partial charge >= 0.3 is 0 Å². The molecule has 2 aliphatic carbocycles. The maximum atomic E-state index is 12.7. The average Bonchev–Trinajstić information content (AvgIpc) is 3.03. The molecule has 0 bridgehead atoms. The monoisotopic (exact) mass is 362 g/mol. The van der Waals surface area contributed by atoms with Crippen LogP contribution in [0.4, 0.5) is 0 Å². The minimum Gasteiger partial charge on any atom is -0.336 e. The highest BCUT2D eigenvalue weighted by atomic mass is 32.2. The molecule has 0 aliphatic heterocycles. The van der Waals surface area contributed by atoms with Gasteiger partial charge in [0.05, 0.1) is 5.75 Å². The maximum absolute atomic E-state index is 12.7. The molecular weight excluding hydrogens is 340 g/mol. The van der Waals surface area contributed by atoms with Gasteiger partial charge in [-0.05, 0) is 37.1 Å². The van der Waals surface area contributed by atoms with Crippen LogP contribution in [0.1, 0.15) is 49.2 Å². The average molecular weight is 363 g/mol. The SMILES string of the molecule is O=C(CSc1n[nH]c(Cc2cccs2)n1)N(C1CCCC1)C1CC1. The summed E-state index contributed by atoms with van der Waals surface area (Å²) in [7, 11) is 0. The van der Waals surface area contributed by atoms with Crippen molar-refractivity contribution in [3.63, 3.8) is 0 Å². The molecule has 0 unspecified atom stereocenters. The van der Waals surface area contributed by atoms with E-state index in [4.69, 9.17) is 0 Å². The van der Waals surface area contributed by atoms with Gasteiger partial charge in [0.2, 0.25) is 11.1 Å². The molecule has 0 saturated heterocycles. The van der Waals surface area contributed by atoms with E-state index < -0.39 is 0 Å². The second kappa shape index (κ2) is 7.27. The van der Waals surface area contributed by atoms with Crippen molar-refractivity contribution in [2.75, 3.05) is 5.75 Å². The summed E-state index contributed by atoms with van der Waals surface area (Å²) in [4.78, 5) is 20.6. The molecule has 2 aliphatic rings. The number of hydrogen-bond donors (Lipinski definition) is 1. The number of aromatic amines is 1. The molecule has 128 valence electrons. The fourth-order valence-electron chi connectivity index (χ4n) is 3.44. The minimum absolute atomic E-state index is 0.263. The van der Waals surface area contributed by atoms with E-state index in [1.807, 2.05) is 6.07 Å². The molecule has 2 heterocycles. The number of nitrogens with one attached hydrogen (secondary N) is 1. The number of aromatic nitrogens is 3. The Bertz CT molecular complexity index is 675. The van der Waals surface area contributed by atoms with E-state index >= 15 is 0 Å². The van der Waals surface area contributed by atoms with Gasteiger partial charge in [0.25, 0.3) is 0 Å². The largest absolute Gasteiger partial charge is 0.336 e. The lowest BCUT2D eigenvalue weighted by Crippen LogP contribution is -2.41. The van der Waals surface area contributed by atoms with Crippen molar-refractivity contribution in [2.24, 2.45) is 0 Å². The lowest BCUT2D eigenvalue weighted by molar-refractivity contribution is -0.131. The summed E-state index contributed by atoms with van der Waals surface area (Å²) in [6.45, 7) is 0. The van der Waals surface area contributed by atoms with Crippen LogP contribution in [-0.2, 0) is 11.2 Å². The molecular formula is C17H22N4OS2. The molecule has 4 rings (SSSR count). The Kier molecular flexibility index (Phi) is 4.89. The first-order valence-corrected chi connectivity index (χ1v) is 10.5. The summed E-state index contributed by atoms with van der Waals surface area (Å²) in [6.07, 6.45) is 8.02. The van der Waals surface area contributed by atoms with Gasteiger partial charge in [-0.15, -0.1) is 16.4 Å². The first-order chi connectivity index (χ1) is 11.8. The Labute approximate surface area is 150 Å². The van der Waals surface area contributed by atoms with Gasteiger partial charge in [-0.1, -0.05) is 30.7 Å². The van der Waals surface area contributed by atoms with Crippen molar-refractivity contribution in [3.8, 4) is 0 Å². The molecule has 5 nitrogen and oxygen atoms in total. The summed E-state index contributed by atoms with van der Waals surface area (Å²) in [5, 5.41) is 9.98.